The SMILES string of the molecule is CC(=O)NCCCCCC(=O)N1CCN(CCc2cccs2)CC1. The molecule has 1 aromatic rings. The molecular weight excluding hydrogens is 322 g/mol. The van der Waals surface area contributed by atoms with Crippen LogP contribution >= 0.6 is 11.3 Å². The topological polar surface area (TPSA) is 52.7 Å². The summed E-state index contributed by atoms with van der Waals surface area (Å²) in [6.45, 7) is 7.02. The van der Waals surface area contributed by atoms with Crippen LogP contribution in [0.4, 0.5) is 0 Å². The number of nitrogens with zero attached hydrogens (tertiary/aromatic N) is 2. The molecule has 5 nitrogen and oxygen atoms in total. The third-order valence-corrected chi connectivity index (χ3v) is 5.36. The number of nitrogens with one attached hydrogen (secondary N) is 1. The maximum atomic E-state index is 12.2. The van der Waals surface area contributed by atoms with Crippen molar-refractivity contribution >= 4 is 23.2 Å². The third kappa shape index (κ3) is 7.01. The van der Waals surface area contributed by atoms with Gasteiger partial charge in [-0.3, -0.25) is 14.5 Å². The average Bonchev–Trinajstić information content (AvgIpc) is 3.09. The lowest BCUT2D eigenvalue weighted by molar-refractivity contribution is -0.133. The lowest BCUT2D eigenvalue weighted by Gasteiger charge is -2.34. The molecule has 0 aliphatic carbocycles. The molecule has 1 aliphatic rings. The zero-order valence-corrected chi connectivity index (χ0v) is 15.4. The molecule has 0 atom stereocenters. The van der Waals surface area contributed by atoms with Gasteiger partial charge in [-0.25, -0.2) is 0 Å². The van der Waals surface area contributed by atoms with Crippen molar-refractivity contribution in [2.75, 3.05) is 39.3 Å². The fourth-order valence-corrected chi connectivity index (χ4v) is 3.64. The lowest BCUT2D eigenvalue weighted by atomic mass is 10.1. The van der Waals surface area contributed by atoms with Gasteiger partial charge in [0.2, 0.25) is 11.8 Å². The first kappa shape index (κ1) is 18.9. The van der Waals surface area contributed by atoms with E-state index in [1.807, 2.05) is 16.2 Å². The van der Waals surface area contributed by atoms with Gasteiger partial charge in [-0.15, -0.1) is 11.3 Å². The van der Waals surface area contributed by atoms with Crippen molar-refractivity contribution in [2.45, 2.75) is 39.0 Å². The largest absolute Gasteiger partial charge is 0.356 e. The number of thiophene rings is 1. The Hall–Kier alpha value is -1.40. The smallest absolute Gasteiger partial charge is 0.222 e. The van der Waals surface area contributed by atoms with Crippen LogP contribution in [0.2, 0.25) is 0 Å². The van der Waals surface area contributed by atoms with Gasteiger partial charge in [-0.2, -0.15) is 0 Å². The van der Waals surface area contributed by atoms with Crippen LogP contribution in [-0.2, 0) is 16.0 Å². The molecule has 1 N–H and O–H groups in total. The summed E-state index contributed by atoms with van der Waals surface area (Å²) in [5.41, 5.74) is 0. The standard InChI is InChI=1S/C18H29N3O2S/c1-16(22)19-9-4-2-3-7-18(23)21-13-11-20(12-14-21)10-8-17-6-5-15-24-17/h5-6,15H,2-4,7-14H2,1H3,(H,19,22). The van der Waals surface area contributed by atoms with Crippen molar-refractivity contribution in [3.05, 3.63) is 22.4 Å². The first-order valence-corrected chi connectivity index (χ1v) is 9.80. The van der Waals surface area contributed by atoms with E-state index in [1.165, 1.54) is 11.8 Å². The third-order valence-electron chi connectivity index (χ3n) is 4.42. The Bertz CT molecular complexity index is 496. The molecule has 0 spiro atoms. The van der Waals surface area contributed by atoms with E-state index < -0.39 is 0 Å². The number of amides is 2. The molecule has 2 amide bonds. The van der Waals surface area contributed by atoms with Crippen LogP contribution in [0, 0.1) is 0 Å². The second-order valence-electron chi connectivity index (χ2n) is 6.35. The number of hydrogen-bond donors (Lipinski definition) is 1. The molecule has 1 aromatic heterocycles. The van der Waals surface area contributed by atoms with Crippen molar-refractivity contribution in [3.63, 3.8) is 0 Å². The van der Waals surface area contributed by atoms with Crippen LogP contribution in [0.1, 0.15) is 37.5 Å². The lowest BCUT2D eigenvalue weighted by Crippen LogP contribution is -2.49. The van der Waals surface area contributed by atoms with Crippen molar-refractivity contribution in [3.8, 4) is 0 Å². The van der Waals surface area contributed by atoms with E-state index in [1.54, 1.807) is 0 Å². The van der Waals surface area contributed by atoms with E-state index >= 15 is 0 Å². The molecule has 24 heavy (non-hydrogen) atoms. The second-order valence-corrected chi connectivity index (χ2v) is 7.38. The number of piperazine rings is 1. The zero-order chi connectivity index (χ0) is 17.2. The van der Waals surface area contributed by atoms with Crippen molar-refractivity contribution in [2.24, 2.45) is 0 Å². The van der Waals surface area contributed by atoms with Gasteiger partial charge in [0.15, 0.2) is 0 Å². The Morgan fingerprint density at radius 1 is 1.17 bits per heavy atom. The Morgan fingerprint density at radius 2 is 1.96 bits per heavy atom. The molecule has 2 heterocycles. The zero-order valence-electron chi connectivity index (χ0n) is 14.6. The van der Waals surface area contributed by atoms with E-state index in [2.05, 4.69) is 27.7 Å². The van der Waals surface area contributed by atoms with E-state index in [-0.39, 0.29) is 11.8 Å². The van der Waals surface area contributed by atoms with Gasteiger partial charge in [0, 0.05) is 57.5 Å². The highest BCUT2D eigenvalue weighted by Gasteiger charge is 2.20. The summed E-state index contributed by atoms with van der Waals surface area (Å²) in [5, 5.41) is 4.91. The fourth-order valence-electron chi connectivity index (χ4n) is 2.94. The summed E-state index contributed by atoms with van der Waals surface area (Å²) in [7, 11) is 0. The van der Waals surface area contributed by atoms with Crippen LogP contribution in [-0.4, -0.2) is 60.9 Å². The van der Waals surface area contributed by atoms with Gasteiger partial charge in [0.25, 0.3) is 0 Å². The summed E-state index contributed by atoms with van der Waals surface area (Å²) in [5.74, 6) is 0.301. The van der Waals surface area contributed by atoms with Gasteiger partial charge in [0.05, 0.1) is 0 Å². The van der Waals surface area contributed by atoms with E-state index in [4.69, 9.17) is 0 Å². The molecule has 0 radical (unpaired) electrons. The van der Waals surface area contributed by atoms with Crippen LogP contribution in [0.15, 0.2) is 17.5 Å². The van der Waals surface area contributed by atoms with Gasteiger partial charge in [-0.05, 0) is 30.7 Å². The minimum Gasteiger partial charge on any atom is -0.356 e. The Labute approximate surface area is 149 Å². The summed E-state index contributed by atoms with van der Waals surface area (Å²) in [4.78, 5) is 28.9. The maximum Gasteiger partial charge on any atom is 0.222 e. The normalized spacial score (nSPS) is 15.5. The molecule has 0 bridgehead atoms. The predicted octanol–water partition coefficient (Wildman–Crippen LogP) is 2.13. The van der Waals surface area contributed by atoms with Crippen LogP contribution in [0.25, 0.3) is 0 Å². The first-order chi connectivity index (χ1) is 11.6. The van der Waals surface area contributed by atoms with Crippen LogP contribution in [0.3, 0.4) is 0 Å². The summed E-state index contributed by atoms with van der Waals surface area (Å²) in [6, 6.07) is 4.29. The van der Waals surface area contributed by atoms with E-state index in [0.29, 0.717) is 13.0 Å². The van der Waals surface area contributed by atoms with Crippen LogP contribution in [0.5, 0.6) is 0 Å². The molecule has 0 saturated carbocycles. The van der Waals surface area contributed by atoms with Gasteiger partial charge >= 0.3 is 0 Å². The highest BCUT2D eigenvalue weighted by molar-refractivity contribution is 7.09. The van der Waals surface area contributed by atoms with Crippen molar-refractivity contribution < 1.29 is 9.59 Å². The molecule has 0 aromatic carbocycles. The molecule has 1 fully saturated rings. The Morgan fingerprint density at radius 3 is 2.62 bits per heavy atom. The van der Waals surface area contributed by atoms with Gasteiger partial charge in [0.1, 0.15) is 0 Å². The summed E-state index contributed by atoms with van der Waals surface area (Å²) >= 11 is 1.82. The average molecular weight is 352 g/mol. The van der Waals surface area contributed by atoms with E-state index in [0.717, 1.165) is 58.4 Å². The second kappa shape index (κ2) is 10.5. The molecule has 0 unspecified atom stereocenters. The fraction of sp³-hybridized carbons (Fsp3) is 0.667. The molecule has 1 aliphatic heterocycles. The Kier molecular flexibility index (Phi) is 8.25. The molecule has 2 rings (SSSR count). The highest BCUT2D eigenvalue weighted by atomic mass is 32.1. The molecule has 6 heteroatoms. The predicted molar refractivity (Wildman–Crippen MR) is 98.2 cm³/mol. The monoisotopic (exact) mass is 351 g/mol. The summed E-state index contributed by atoms with van der Waals surface area (Å²) in [6.07, 6.45) is 4.60. The number of carbonyl (C=O) groups excluding carboxylic acids is 2. The van der Waals surface area contributed by atoms with Crippen molar-refractivity contribution in [1.29, 1.82) is 0 Å². The number of carbonyl (C=O) groups is 2. The highest BCUT2D eigenvalue weighted by Crippen LogP contribution is 2.12. The molecular formula is C18H29N3O2S. The number of unbranched alkanes of at least 4 members (excludes halogenated alkanes) is 2. The molecule has 1 saturated heterocycles. The van der Waals surface area contributed by atoms with Crippen LogP contribution < -0.4 is 5.32 Å². The minimum atomic E-state index is 0.0167. The quantitative estimate of drug-likeness (QED) is 0.694. The molecule has 134 valence electrons. The van der Waals surface area contributed by atoms with E-state index in [9.17, 15) is 9.59 Å². The summed E-state index contributed by atoms with van der Waals surface area (Å²) < 4.78 is 0. The van der Waals surface area contributed by atoms with Crippen molar-refractivity contribution in [1.82, 2.24) is 15.1 Å². The Balaban J connectivity index is 1.53. The minimum absolute atomic E-state index is 0.0167. The number of hydrogen-bond acceptors (Lipinski definition) is 4. The number of rotatable bonds is 9. The first-order valence-electron chi connectivity index (χ1n) is 8.92. The maximum absolute atomic E-state index is 12.2. The van der Waals surface area contributed by atoms with Gasteiger partial charge < -0.3 is 10.2 Å². The van der Waals surface area contributed by atoms with Gasteiger partial charge in [-0.1, -0.05) is 12.5 Å².